The number of hydrogen-bond acceptors (Lipinski definition) is 3. The van der Waals surface area contributed by atoms with Crippen molar-refractivity contribution in [1.82, 2.24) is 4.98 Å². The molecule has 0 saturated heterocycles. The van der Waals surface area contributed by atoms with Gasteiger partial charge < -0.3 is 9.84 Å². The van der Waals surface area contributed by atoms with Gasteiger partial charge in [0.05, 0.1) is 5.56 Å². The highest BCUT2D eigenvalue weighted by atomic mass is 35.5. The molecule has 0 unspecified atom stereocenters. The van der Waals surface area contributed by atoms with E-state index in [-0.39, 0.29) is 23.2 Å². The lowest BCUT2D eigenvalue weighted by Gasteiger charge is -2.07. The van der Waals surface area contributed by atoms with E-state index < -0.39 is 11.8 Å². The Hall–Kier alpha value is -2.14. The number of aromatic carboxylic acids is 1. The fourth-order valence-corrected chi connectivity index (χ4v) is 1.64. The predicted molar refractivity (Wildman–Crippen MR) is 66.9 cm³/mol. The molecule has 0 fully saturated rings. The molecule has 0 aliphatic rings. The fraction of sp³-hybridized carbons (Fsp3) is 0.0769. The lowest BCUT2D eigenvalue weighted by Crippen LogP contribution is -2.02. The summed E-state index contributed by atoms with van der Waals surface area (Å²) in [5.41, 5.74) is 0.310. The van der Waals surface area contributed by atoms with Crippen molar-refractivity contribution in [2.24, 2.45) is 0 Å². The number of carboxylic acid groups (broad SMARTS) is 1. The molecule has 0 saturated carbocycles. The van der Waals surface area contributed by atoms with E-state index in [0.717, 1.165) is 0 Å². The first-order valence-electron chi connectivity index (χ1n) is 5.33. The normalized spacial score (nSPS) is 10.2. The number of benzene rings is 1. The molecule has 1 aromatic heterocycles. The molecule has 98 valence electrons. The summed E-state index contributed by atoms with van der Waals surface area (Å²) in [6, 6.07) is 8.56. The second-order valence-electron chi connectivity index (χ2n) is 3.70. The van der Waals surface area contributed by atoms with E-state index in [2.05, 4.69) is 4.98 Å². The van der Waals surface area contributed by atoms with Crippen LogP contribution in [0.5, 0.6) is 5.88 Å². The molecule has 0 spiro atoms. The molecule has 4 nitrogen and oxygen atoms in total. The number of pyridine rings is 1. The molecule has 2 aromatic rings. The number of ether oxygens (including phenoxy) is 1. The third-order valence-electron chi connectivity index (χ3n) is 2.35. The maximum Gasteiger partial charge on any atom is 0.335 e. The van der Waals surface area contributed by atoms with Crippen LogP contribution in [-0.2, 0) is 6.61 Å². The van der Waals surface area contributed by atoms with Crippen LogP contribution >= 0.6 is 11.6 Å². The van der Waals surface area contributed by atoms with Crippen LogP contribution in [-0.4, -0.2) is 16.1 Å². The zero-order chi connectivity index (χ0) is 13.8. The van der Waals surface area contributed by atoms with Crippen LogP contribution in [0.25, 0.3) is 0 Å². The van der Waals surface area contributed by atoms with E-state index >= 15 is 0 Å². The van der Waals surface area contributed by atoms with Gasteiger partial charge in [0.2, 0.25) is 5.88 Å². The average molecular weight is 282 g/mol. The average Bonchev–Trinajstić information content (AvgIpc) is 2.37. The van der Waals surface area contributed by atoms with E-state index in [0.29, 0.717) is 5.56 Å². The highest BCUT2D eigenvalue weighted by molar-refractivity contribution is 6.29. The molecule has 0 aliphatic carbocycles. The highest BCUT2D eigenvalue weighted by Crippen LogP contribution is 2.18. The van der Waals surface area contributed by atoms with Crippen molar-refractivity contribution < 1.29 is 19.0 Å². The molecule has 1 N–H and O–H groups in total. The van der Waals surface area contributed by atoms with Crippen molar-refractivity contribution in [1.29, 1.82) is 0 Å². The number of rotatable bonds is 4. The summed E-state index contributed by atoms with van der Waals surface area (Å²) in [7, 11) is 0. The standard InChI is InChI=1S/C13H9ClFNO3/c14-11-5-9(13(17)18)6-12(16-11)19-7-8-3-1-2-4-10(8)15/h1-6H,7H2,(H,17,18). The summed E-state index contributed by atoms with van der Waals surface area (Å²) >= 11 is 5.68. The fourth-order valence-electron chi connectivity index (χ4n) is 1.44. The van der Waals surface area contributed by atoms with Crippen molar-refractivity contribution in [3.63, 3.8) is 0 Å². The number of halogens is 2. The summed E-state index contributed by atoms with van der Waals surface area (Å²) in [6.45, 7) is -0.0565. The third-order valence-corrected chi connectivity index (χ3v) is 2.54. The van der Waals surface area contributed by atoms with Crippen molar-refractivity contribution in [2.75, 3.05) is 0 Å². The lowest BCUT2D eigenvalue weighted by atomic mass is 10.2. The SMILES string of the molecule is O=C(O)c1cc(Cl)nc(OCc2ccccc2F)c1. The van der Waals surface area contributed by atoms with E-state index in [1.54, 1.807) is 18.2 Å². The van der Waals surface area contributed by atoms with Crippen molar-refractivity contribution >= 4 is 17.6 Å². The van der Waals surface area contributed by atoms with E-state index in [1.165, 1.54) is 18.2 Å². The van der Waals surface area contributed by atoms with Crippen molar-refractivity contribution in [2.45, 2.75) is 6.61 Å². The van der Waals surface area contributed by atoms with Gasteiger partial charge in [-0.3, -0.25) is 0 Å². The number of aromatic nitrogens is 1. The number of nitrogens with zero attached hydrogens (tertiary/aromatic N) is 1. The molecule has 19 heavy (non-hydrogen) atoms. The zero-order valence-corrected chi connectivity index (χ0v) is 10.4. The second-order valence-corrected chi connectivity index (χ2v) is 4.09. The molecule has 0 amide bonds. The summed E-state index contributed by atoms with van der Waals surface area (Å²) in [5.74, 6) is -1.50. The van der Waals surface area contributed by atoms with Gasteiger partial charge >= 0.3 is 5.97 Å². The Morgan fingerprint density at radius 1 is 1.37 bits per heavy atom. The minimum absolute atomic E-state index is 0.00318. The van der Waals surface area contributed by atoms with Gasteiger partial charge in [-0.2, -0.15) is 0 Å². The Balaban J connectivity index is 2.16. The van der Waals surface area contributed by atoms with Crippen LogP contribution in [0.1, 0.15) is 15.9 Å². The minimum atomic E-state index is -1.14. The molecular weight excluding hydrogens is 273 g/mol. The maximum absolute atomic E-state index is 13.4. The Labute approximate surface area is 113 Å². The summed E-state index contributed by atoms with van der Waals surface area (Å²) < 4.78 is 18.6. The molecule has 6 heteroatoms. The molecule has 0 aliphatic heterocycles. The van der Waals surface area contributed by atoms with Gasteiger partial charge in [-0.1, -0.05) is 29.8 Å². The van der Waals surface area contributed by atoms with Crippen LogP contribution in [0.15, 0.2) is 36.4 Å². The van der Waals surface area contributed by atoms with Gasteiger partial charge in [-0.15, -0.1) is 0 Å². The Morgan fingerprint density at radius 2 is 2.11 bits per heavy atom. The first-order valence-corrected chi connectivity index (χ1v) is 5.71. The largest absolute Gasteiger partial charge is 0.478 e. The summed E-state index contributed by atoms with van der Waals surface area (Å²) in [5, 5.41) is 8.86. The van der Waals surface area contributed by atoms with Gasteiger partial charge in [-0.25, -0.2) is 14.2 Å². The Morgan fingerprint density at radius 3 is 2.79 bits per heavy atom. The quantitative estimate of drug-likeness (QED) is 0.875. The van der Waals surface area contributed by atoms with Crippen LogP contribution in [0, 0.1) is 5.82 Å². The van der Waals surface area contributed by atoms with Crippen molar-refractivity contribution in [3.05, 3.63) is 58.5 Å². The van der Waals surface area contributed by atoms with Gasteiger partial charge in [0.25, 0.3) is 0 Å². The molecule has 2 rings (SSSR count). The van der Waals surface area contributed by atoms with Crippen LogP contribution in [0.3, 0.4) is 0 Å². The summed E-state index contributed by atoms with van der Waals surface area (Å²) in [6.07, 6.45) is 0. The van der Waals surface area contributed by atoms with Gasteiger partial charge in [0, 0.05) is 11.6 Å². The van der Waals surface area contributed by atoms with Crippen molar-refractivity contribution in [3.8, 4) is 5.88 Å². The van der Waals surface area contributed by atoms with E-state index in [4.69, 9.17) is 21.4 Å². The summed E-state index contributed by atoms with van der Waals surface area (Å²) in [4.78, 5) is 14.7. The minimum Gasteiger partial charge on any atom is -0.478 e. The van der Waals surface area contributed by atoms with Crippen LogP contribution in [0.2, 0.25) is 5.15 Å². The van der Waals surface area contributed by atoms with Gasteiger partial charge in [0.1, 0.15) is 17.6 Å². The molecule has 0 atom stereocenters. The Kier molecular flexibility index (Phi) is 3.97. The molecular formula is C13H9ClFNO3. The monoisotopic (exact) mass is 281 g/mol. The highest BCUT2D eigenvalue weighted by Gasteiger charge is 2.09. The number of carbonyl (C=O) groups is 1. The zero-order valence-electron chi connectivity index (χ0n) is 9.64. The molecule has 0 bridgehead atoms. The molecule has 1 heterocycles. The van der Waals surface area contributed by atoms with E-state index in [9.17, 15) is 9.18 Å². The number of carboxylic acids is 1. The Bertz CT molecular complexity index is 619. The van der Waals surface area contributed by atoms with Gasteiger partial charge in [0.15, 0.2) is 0 Å². The third kappa shape index (κ3) is 3.42. The van der Waals surface area contributed by atoms with Gasteiger partial charge in [-0.05, 0) is 12.1 Å². The smallest absolute Gasteiger partial charge is 0.335 e. The van der Waals surface area contributed by atoms with Crippen LogP contribution in [0.4, 0.5) is 4.39 Å². The topological polar surface area (TPSA) is 59.4 Å². The first kappa shape index (κ1) is 13.3. The molecule has 0 radical (unpaired) electrons. The van der Waals surface area contributed by atoms with E-state index in [1.807, 2.05) is 0 Å². The lowest BCUT2D eigenvalue weighted by molar-refractivity contribution is 0.0696. The number of hydrogen-bond donors (Lipinski definition) is 1. The second kappa shape index (κ2) is 5.67. The first-order chi connectivity index (χ1) is 9.06. The molecule has 1 aromatic carbocycles. The maximum atomic E-state index is 13.4. The van der Waals surface area contributed by atoms with Crippen LogP contribution < -0.4 is 4.74 Å². The predicted octanol–water partition coefficient (Wildman–Crippen LogP) is 3.15.